The highest BCUT2D eigenvalue weighted by molar-refractivity contribution is 5.99. The van der Waals surface area contributed by atoms with E-state index >= 15 is 0 Å². The normalized spacial score (nSPS) is 16.6. The van der Waals surface area contributed by atoms with Crippen LogP contribution >= 0.6 is 0 Å². The Morgan fingerprint density at radius 1 is 0.795 bits per heavy atom. The van der Waals surface area contributed by atoms with Crippen LogP contribution in [0.15, 0.2) is 103 Å². The van der Waals surface area contributed by atoms with E-state index in [1.54, 1.807) is 0 Å². The molecule has 1 aliphatic rings. The molecule has 6 aromatic rings. The molecular weight excluding hydrogens is 480 g/mol. The van der Waals surface area contributed by atoms with Gasteiger partial charge in [-0.2, -0.15) is 0 Å². The summed E-state index contributed by atoms with van der Waals surface area (Å²) in [5, 5.41) is 1.10. The van der Waals surface area contributed by atoms with Gasteiger partial charge in [-0.25, -0.2) is 4.79 Å². The number of rotatable bonds is 5. The molecule has 1 aliphatic heterocycles. The van der Waals surface area contributed by atoms with E-state index in [2.05, 4.69) is 109 Å². The Bertz CT molecular complexity index is 1890. The Labute approximate surface area is 228 Å². The molecule has 4 heteroatoms. The molecule has 39 heavy (non-hydrogen) atoms. The molecule has 1 unspecified atom stereocenters. The number of cyclic esters (lactones) is 1. The number of hydrogen-bond acceptors (Lipinski definition) is 2. The monoisotopic (exact) mass is 510 g/mol. The van der Waals surface area contributed by atoms with Crippen LogP contribution in [0.1, 0.15) is 52.4 Å². The van der Waals surface area contributed by atoms with Gasteiger partial charge in [0.15, 0.2) is 0 Å². The maximum Gasteiger partial charge on any atom is 0.340 e. The lowest BCUT2D eigenvalue weighted by Crippen LogP contribution is -2.33. The van der Waals surface area contributed by atoms with Crippen molar-refractivity contribution < 1.29 is 9.53 Å². The molecule has 7 rings (SSSR count). The molecule has 0 saturated carbocycles. The van der Waals surface area contributed by atoms with E-state index in [0.717, 1.165) is 63.0 Å². The molecule has 3 aromatic heterocycles. The lowest BCUT2D eigenvalue weighted by molar-refractivity contribution is 0.0240. The second-order valence-electron chi connectivity index (χ2n) is 10.2. The summed E-state index contributed by atoms with van der Waals surface area (Å²) in [5.41, 5.74) is 9.03. The highest BCUT2D eigenvalue weighted by Gasteiger charge is 2.53. The summed E-state index contributed by atoms with van der Waals surface area (Å²) >= 11 is 0. The van der Waals surface area contributed by atoms with Crippen molar-refractivity contribution in [2.45, 2.75) is 39.3 Å². The number of pyridine rings is 1. The fraction of sp³-hybridized carbons (Fsp3) is 0.171. The van der Waals surface area contributed by atoms with Gasteiger partial charge in [0.05, 0.1) is 11.3 Å². The largest absolute Gasteiger partial charge is 0.439 e. The van der Waals surface area contributed by atoms with Crippen LogP contribution in [0.3, 0.4) is 0 Å². The lowest BCUT2D eigenvalue weighted by Gasteiger charge is -2.32. The van der Waals surface area contributed by atoms with Crippen LogP contribution < -0.4 is 0 Å². The van der Waals surface area contributed by atoms with E-state index in [9.17, 15) is 4.79 Å². The number of carbonyl (C=O) groups excluding carboxylic acids is 1. The van der Waals surface area contributed by atoms with Crippen LogP contribution in [0.5, 0.6) is 0 Å². The zero-order valence-corrected chi connectivity index (χ0v) is 22.4. The van der Waals surface area contributed by atoms with Crippen molar-refractivity contribution in [3.63, 3.8) is 0 Å². The fourth-order valence-corrected chi connectivity index (χ4v) is 6.74. The van der Waals surface area contributed by atoms with E-state index in [0.29, 0.717) is 5.56 Å². The maximum atomic E-state index is 13.8. The number of fused-ring (bicyclic) bond motifs is 3. The maximum absolute atomic E-state index is 13.8. The number of aryl methyl sites for hydroxylation is 2. The second-order valence-corrected chi connectivity index (χ2v) is 10.2. The van der Waals surface area contributed by atoms with Crippen molar-refractivity contribution in [2.24, 2.45) is 0 Å². The first-order valence-corrected chi connectivity index (χ1v) is 13.7. The van der Waals surface area contributed by atoms with Crippen molar-refractivity contribution in [3.8, 4) is 11.1 Å². The first-order chi connectivity index (χ1) is 19.1. The van der Waals surface area contributed by atoms with E-state index in [1.165, 1.54) is 5.69 Å². The Morgan fingerprint density at radius 2 is 1.54 bits per heavy atom. The van der Waals surface area contributed by atoms with Crippen LogP contribution in [0.4, 0.5) is 0 Å². The predicted octanol–water partition coefficient (Wildman–Crippen LogP) is 7.91. The highest BCUT2D eigenvalue weighted by atomic mass is 16.6. The Kier molecular flexibility index (Phi) is 5.27. The van der Waals surface area contributed by atoms with Gasteiger partial charge < -0.3 is 13.7 Å². The number of esters is 1. The van der Waals surface area contributed by atoms with Crippen LogP contribution in [-0.4, -0.2) is 14.9 Å². The molecule has 0 N–H and O–H groups in total. The standard InChI is InChI=1S/C35H30N2O2/c1-4-25-16-13-17-26-22-29(24-14-7-6-8-15-24)33(37(25)26)35(30-20-11-9-18-27(30)34(38)39-35)32-23(3)36(5-2)31-21-12-10-19-28(31)32/h6-22H,4-5H2,1-3H3. The summed E-state index contributed by atoms with van der Waals surface area (Å²) in [6.45, 7) is 7.32. The number of para-hydroxylation sites is 1. The van der Waals surface area contributed by atoms with Crippen LogP contribution in [-0.2, 0) is 23.3 Å². The van der Waals surface area contributed by atoms with E-state index in [1.807, 2.05) is 24.3 Å². The lowest BCUT2D eigenvalue weighted by atomic mass is 9.79. The molecule has 1 atom stereocenters. The SMILES string of the molecule is CCc1cccc2cc(-c3ccccc3)c(C3(c4c(C)n(CC)c5ccccc45)OC(=O)c4ccccc43)n12. The van der Waals surface area contributed by atoms with Crippen molar-refractivity contribution in [3.05, 3.63) is 137 Å². The van der Waals surface area contributed by atoms with Gasteiger partial charge >= 0.3 is 5.97 Å². The molecule has 0 bridgehead atoms. The molecule has 192 valence electrons. The van der Waals surface area contributed by atoms with Crippen molar-refractivity contribution in [2.75, 3.05) is 0 Å². The number of carbonyl (C=O) groups is 1. The minimum absolute atomic E-state index is 0.290. The fourth-order valence-electron chi connectivity index (χ4n) is 6.74. The van der Waals surface area contributed by atoms with Crippen LogP contribution in [0.2, 0.25) is 0 Å². The van der Waals surface area contributed by atoms with Crippen LogP contribution in [0.25, 0.3) is 27.5 Å². The number of ether oxygens (including phenoxy) is 1. The van der Waals surface area contributed by atoms with Crippen molar-refractivity contribution in [1.82, 2.24) is 8.97 Å². The quantitative estimate of drug-likeness (QED) is 0.221. The van der Waals surface area contributed by atoms with E-state index in [-0.39, 0.29) is 5.97 Å². The van der Waals surface area contributed by atoms with Crippen molar-refractivity contribution >= 4 is 22.4 Å². The van der Waals surface area contributed by atoms with Crippen LogP contribution in [0, 0.1) is 6.92 Å². The molecule has 3 aromatic carbocycles. The molecule has 0 amide bonds. The average molecular weight is 511 g/mol. The molecule has 0 spiro atoms. The van der Waals surface area contributed by atoms with Gasteiger partial charge in [-0.05, 0) is 56.2 Å². The van der Waals surface area contributed by atoms with Gasteiger partial charge in [0.2, 0.25) is 5.60 Å². The minimum Gasteiger partial charge on any atom is -0.439 e. The van der Waals surface area contributed by atoms with Gasteiger partial charge in [-0.1, -0.05) is 79.7 Å². The Hall–Kier alpha value is -4.57. The van der Waals surface area contributed by atoms with Gasteiger partial charge in [0.1, 0.15) is 0 Å². The zero-order chi connectivity index (χ0) is 26.7. The van der Waals surface area contributed by atoms with E-state index in [4.69, 9.17) is 4.74 Å². The van der Waals surface area contributed by atoms with Gasteiger partial charge in [-0.3, -0.25) is 0 Å². The van der Waals surface area contributed by atoms with Gasteiger partial charge in [0, 0.05) is 51.0 Å². The summed E-state index contributed by atoms with van der Waals surface area (Å²) in [6, 6.07) is 35.5. The summed E-state index contributed by atoms with van der Waals surface area (Å²) in [7, 11) is 0. The third-order valence-electron chi connectivity index (χ3n) is 8.32. The number of nitrogens with zero attached hydrogens (tertiary/aromatic N) is 2. The summed E-state index contributed by atoms with van der Waals surface area (Å²) in [4.78, 5) is 13.8. The third-order valence-corrected chi connectivity index (χ3v) is 8.32. The average Bonchev–Trinajstić information content (AvgIpc) is 3.61. The first-order valence-electron chi connectivity index (χ1n) is 13.7. The number of hydrogen-bond donors (Lipinski definition) is 0. The molecule has 0 saturated heterocycles. The zero-order valence-electron chi connectivity index (χ0n) is 22.4. The van der Waals surface area contributed by atoms with Crippen molar-refractivity contribution in [1.29, 1.82) is 0 Å². The van der Waals surface area contributed by atoms with E-state index < -0.39 is 5.60 Å². The predicted molar refractivity (Wildman–Crippen MR) is 156 cm³/mol. The Morgan fingerprint density at radius 3 is 2.33 bits per heavy atom. The summed E-state index contributed by atoms with van der Waals surface area (Å²) < 4.78 is 11.5. The molecular formula is C35H30N2O2. The molecule has 0 aliphatic carbocycles. The Balaban J connectivity index is 1.74. The summed E-state index contributed by atoms with van der Waals surface area (Å²) in [6.07, 6.45) is 0.842. The number of aromatic nitrogens is 2. The molecule has 0 radical (unpaired) electrons. The highest BCUT2D eigenvalue weighted by Crippen LogP contribution is 2.53. The minimum atomic E-state index is -1.14. The first kappa shape index (κ1) is 23.5. The molecule has 4 nitrogen and oxygen atoms in total. The third kappa shape index (κ3) is 3.15. The second kappa shape index (κ2) is 8.74. The number of benzene rings is 3. The van der Waals surface area contributed by atoms with Gasteiger partial charge in [-0.15, -0.1) is 0 Å². The smallest absolute Gasteiger partial charge is 0.340 e. The topological polar surface area (TPSA) is 35.6 Å². The summed E-state index contributed by atoms with van der Waals surface area (Å²) in [5.74, 6) is -0.290. The molecule has 4 heterocycles. The molecule has 0 fully saturated rings. The van der Waals surface area contributed by atoms with Gasteiger partial charge in [0.25, 0.3) is 0 Å².